The molecule has 2 aliphatic carbocycles. The molecule has 1 saturated carbocycles. The van der Waals surface area contributed by atoms with E-state index in [1.54, 1.807) is 0 Å². The lowest BCUT2D eigenvalue weighted by molar-refractivity contribution is -0.125. The molecule has 1 aromatic rings. The number of benzene rings is 1. The molecule has 1 aliphatic heterocycles. The average molecular weight is 451 g/mol. The minimum absolute atomic E-state index is 0.0273. The van der Waals surface area contributed by atoms with Gasteiger partial charge in [-0.15, -0.1) is 0 Å². The number of likely N-dealkylation sites (tertiary alicyclic amines) is 1. The Labute approximate surface area is 196 Å². The predicted octanol–water partition coefficient (Wildman–Crippen LogP) is 4.59. The normalized spacial score (nSPS) is 23.9. The van der Waals surface area contributed by atoms with E-state index in [4.69, 9.17) is 9.47 Å². The Bertz CT molecular complexity index is 947. The van der Waals surface area contributed by atoms with Crippen molar-refractivity contribution in [3.05, 3.63) is 65.6 Å². The molecule has 3 aliphatic rings. The molecule has 6 heteroatoms. The van der Waals surface area contributed by atoms with Crippen molar-refractivity contribution in [2.24, 2.45) is 0 Å². The highest BCUT2D eigenvalue weighted by atomic mass is 16.5. The molecule has 1 amide bonds. The fraction of sp³-hybridized carbons (Fsp3) is 0.481. The lowest BCUT2D eigenvalue weighted by Crippen LogP contribution is -2.25. The van der Waals surface area contributed by atoms with Gasteiger partial charge in [-0.25, -0.2) is 0 Å². The number of nitrogens with one attached hydrogen (secondary N) is 1. The molecule has 0 bridgehead atoms. The van der Waals surface area contributed by atoms with Crippen molar-refractivity contribution >= 4 is 11.7 Å². The molecule has 3 unspecified atom stereocenters. The number of hydrogen-bond donors (Lipinski definition) is 1. The smallest absolute Gasteiger partial charge is 0.217 e. The zero-order valence-electron chi connectivity index (χ0n) is 19.6. The molecular weight excluding hydrogens is 416 g/mol. The fourth-order valence-corrected chi connectivity index (χ4v) is 4.63. The van der Waals surface area contributed by atoms with Gasteiger partial charge in [-0.1, -0.05) is 24.3 Å². The van der Waals surface area contributed by atoms with E-state index in [0.29, 0.717) is 6.42 Å². The fourth-order valence-electron chi connectivity index (χ4n) is 4.63. The Morgan fingerprint density at radius 2 is 1.97 bits per heavy atom. The van der Waals surface area contributed by atoms with Crippen LogP contribution in [0.2, 0.25) is 0 Å². The van der Waals surface area contributed by atoms with Crippen molar-refractivity contribution in [3.63, 3.8) is 0 Å². The van der Waals surface area contributed by atoms with E-state index in [2.05, 4.69) is 34.5 Å². The van der Waals surface area contributed by atoms with Crippen LogP contribution in [-0.2, 0) is 14.3 Å². The van der Waals surface area contributed by atoms with Crippen LogP contribution in [0.5, 0.6) is 5.75 Å². The summed E-state index contributed by atoms with van der Waals surface area (Å²) >= 11 is 0. The maximum absolute atomic E-state index is 12.0. The molecular formula is C27H34N2O4. The predicted molar refractivity (Wildman–Crippen MR) is 128 cm³/mol. The highest BCUT2D eigenvalue weighted by Crippen LogP contribution is 2.27. The highest BCUT2D eigenvalue weighted by molar-refractivity contribution is 5.85. The van der Waals surface area contributed by atoms with Crippen LogP contribution >= 0.6 is 0 Å². The lowest BCUT2D eigenvalue weighted by atomic mass is 10.1. The molecule has 6 nitrogen and oxygen atoms in total. The maximum Gasteiger partial charge on any atom is 0.217 e. The van der Waals surface area contributed by atoms with E-state index in [9.17, 15) is 9.59 Å². The van der Waals surface area contributed by atoms with Crippen LogP contribution in [-0.4, -0.2) is 41.9 Å². The maximum atomic E-state index is 12.0. The first kappa shape index (κ1) is 23.1. The number of Topliss-reactive ketones (excluding diaryl/α,β-unsaturated/α-hetero) is 1. The third-order valence-corrected chi connectivity index (χ3v) is 6.42. The molecule has 4 rings (SSSR count). The van der Waals surface area contributed by atoms with Crippen molar-refractivity contribution in [3.8, 4) is 5.75 Å². The second-order valence-corrected chi connectivity index (χ2v) is 9.10. The summed E-state index contributed by atoms with van der Waals surface area (Å²) in [7, 11) is 0. The standard InChI is InChI=1S/C27H34N2O4/c1-19(28-20(2)30)21-11-13-23(14-12-21)32-25-15-16-29(18-25)22-7-4-3-5-8-24(17-22)33-27-10-6-9-26(27)31/h3-4,7,11-14,17,19,25,27H,5-6,8-10,15-16,18H2,1-2H3,(H,28,30). The van der Waals surface area contributed by atoms with Crippen molar-refractivity contribution in [2.75, 3.05) is 13.1 Å². The zero-order chi connectivity index (χ0) is 23.2. The molecule has 0 radical (unpaired) electrons. The van der Waals surface area contributed by atoms with Gasteiger partial charge in [0, 0.05) is 38.4 Å². The van der Waals surface area contributed by atoms with Gasteiger partial charge in [0.15, 0.2) is 11.9 Å². The summed E-state index contributed by atoms with van der Waals surface area (Å²) < 4.78 is 12.4. The van der Waals surface area contributed by atoms with Crippen LogP contribution in [0.25, 0.3) is 0 Å². The highest BCUT2D eigenvalue weighted by Gasteiger charge is 2.28. The number of ketones is 1. The largest absolute Gasteiger partial charge is 0.489 e. The van der Waals surface area contributed by atoms with E-state index in [1.807, 2.05) is 31.2 Å². The van der Waals surface area contributed by atoms with Gasteiger partial charge in [0.2, 0.25) is 5.91 Å². The van der Waals surface area contributed by atoms with Gasteiger partial charge in [-0.3, -0.25) is 9.59 Å². The summed E-state index contributed by atoms with van der Waals surface area (Å²) in [6.07, 6.45) is 13.4. The number of carbonyl (C=O) groups excluding carboxylic acids is 2. The van der Waals surface area contributed by atoms with Gasteiger partial charge in [-0.2, -0.15) is 0 Å². The van der Waals surface area contributed by atoms with Gasteiger partial charge >= 0.3 is 0 Å². The summed E-state index contributed by atoms with van der Waals surface area (Å²) in [6.45, 7) is 5.21. The molecule has 33 heavy (non-hydrogen) atoms. The molecule has 1 heterocycles. The van der Waals surface area contributed by atoms with Gasteiger partial charge in [-0.05, 0) is 56.0 Å². The first-order valence-corrected chi connectivity index (χ1v) is 12.0. The van der Waals surface area contributed by atoms with Gasteiger partial charge in [0.05, 0.1) is 18.3 Å². The molecule has 3 atom stereocenters. The molecule has 0 spiro atoms. The summed E-state index contributed by atoms with van der Waals surface area (Å²) in [5.74, 6) is 1.93. The van der Waals surface area contributed by atoms with Crippen LogP contribution in [0.4, 0.5) is 0 Å². The number of carbonyl (C=O) groups is 2. The Kier molecular flexibility index (Phi) is 7.53. The quantitative estimate of drug-likeness (QED) is 0.658. The molecule has 1 N–H and O–H groups in total. The summed E-state index contributed by atoms with van der Waals surface area (Å²) in [5, 5.41) is 2.90. The zero-order valence-corrected chi connectivity index (χ0v) is 19.6. The summed E-state index contributed by atoms with van der Waals surface area (Å²) in [4.78, 5) is 25.6. The second kappa shape index (κ2) is 10.7. The topological polar surface area (TPSA) is 67.9 Å². The number of rotatable bonds is 7. The van der Waals surface area contributed by atoms with E-state index in [1.165, 1.54) is 6.92 Å². The molecule has 0 aromatic heterocycles. The SMILES string of the molecule is CC(=O)NC(C)c1ccc(OC2CCN(C3=CC=CCCC(OC4CCCC4=O)=C3)C2)cc1. The minimum Gasteiger partial charge on any atom is -0.489 e. The molecule has 176 valence electrons. The number of allylic oxidation sites excluding steroid dienone is 5. The number of nitrogens with zero attached hydrogens (tertiary/aromatic N) is 1. The lowest BCUT2D eigenvalue weighted by Gasteiger charge is -2.23. The second-order valence-electron chi connectivity index (χ2n) is 9.10. The third-order valence-electron chi connectivity index (χ3n) is 6.42. The van der Waals surface area contributed by atoms with Gasteiger partial charge in [0.1, 0.15) is 11.9 Å². The Balaban J connectivity index is 1.36. The van der Waals surface area contributed by atoms with Crippen molar-refractivity contribution in [1.82, 2.24) is 10.2 Å². The van der Waals surface area contributed by atoms with Crippen LogP contribution in [0.3, 0.4) is 0 Å². The molecule has 1 aromatic carbocycles. The van der Waals surface area contributed by atoms with Crippen molar-refractivity contribution in [2.45, 2.75) is 70.6 Å². The Hall–Kier alpha value is -3.02. The monoisotopic (exact) mass is 450 g/mol. The van der Waals surface area contributed by atoms with Gasteiger partial charge < -0.3 is 19.7 Å². The van der Waals surface area contributed by atoms with Crippen LogP contribution in [0.15, 0.2) is 60.0 Å². The van der Waals surface area contributed by atoms with Crippen LogP contribution in [0.1, 0.15) is 64.0 Å². The number of hydrogen-bond acceptors (Lipinski definition) is 5. The van der Waals surface area contributed by atoms with Crippen molar-refractivity contribution in [1.29, 1.82) is 0 Å². The Morgan fingerprint density at radius 3 is 2.70 bits per heavy atom. The van der Waals surface area contributed by atoms with E-state index < -0.39 is 0 Å². The Morgan fingerprint density at radius 1 is 1.15 bits per heavy atom. The number of amides is 1. The van der Waals surface area contributed by atoms with Crippen LogP contribution < -0.4 is 10.1 Å². The van der Waals surface area contributed by atoms with E-state index >= 15 is 0 Å². The first-order valence-electron chi connectivity index (χ1n) is 12.0. The minimum atomic E-state index is -0.271. The first-order chi connectivity index (χ1) is 16.0. The van der Waals surface area contributed by atoms with Crippen molar-refractivity contribution < 1.29 is 19.1 Å². The van der Waals surface area contributed by atoms with E-state index in [0.717, 1.165) is 68.0 Å². The third kappa shape index (κ3) is 6.28. The summed E-state index contributed by atoms with van der Waals surface area (Å²) in [5.41, 5.74) is 2.16. The van der Waals surface area contributed by atoms with E-state index in [-0.39, 0.29) is 29.9 Å². The van der Waals surface area contributed by atoms with Gasteiger partial charge in [0.25, 0.3) is 0 Å². The molecule has 2 fully saturated rings. The summed E-state index contributed by atoms with van der Waals surface area (Å²) in [6, 6.07) is 7.92. The molecule has 1 saturated heterocycles. The average Bonchev–Trinajstić information content (AvgIpc) is 3.39. The number of ether oxygens (including phenoxy) is 2. The van der Waals surface area contributed by atoms with Crippen LogP contribution in [0, 0.1) is 0 Å².